The molecule has 0 saturated heterocycles. The molecule has 0 radical (unpaired) electrons. The van der Waals surface area contributed by atoms with Crippen molar-refractivity contribution >= 4 is 22.9 Å². The van der Waals surface area contributed by atoms with Gasteiger partial charge in [-0.3, -0.25) is 0 Å². The molecule has 0 amide bonds. The summed E-state index contributed by atoms with van der Waals surface area (Å²) in [5.74, 6) is 0.793. The second-order valence-corrected chi connectivity index (χ2v) is 5.70. The van der Waals surface area contributed by atoms with Crippen molar-refractivity contribution in [2.24, 2.45) is 0 Å². The molecule has 1 aromatic heterocycles. The van der Waals surface area contributed by atoms with E-state index < -0.39 is 0 Å². The summed E-state index contributed by atoms with van der Waals surface area (Å²) in [6.07, 6.45) is 6.53. The van der Waals surface area contributed by atoms with Crippen LogP contribution in [0.1, 0.15) is 31.2 Å². The van der Waals surface area contributed by atoms with Crippen LogP contribution in [-0.4, -0.2) is 29.9 Å². The number of nitrogens with zero attached hydrogens (tertiary/aromatic N) is 1. The number of rotatable bonds is 7. The molecule has 1 aliphatic carbocycles. The average Bonchev–Trinajstić information content (AvgIpc) is 2.72. The summed E-state index contributed by atoms with van der Waals surface area (Å²) in [5.41, 5.74) is 1.49. The summed E-state index contributed by atoms with van der Waals surface area (Å²) in [7, 11) is 0. The van der Waals surface area contributed by atoms with Crippen molar-refractivity contribution in [2.75, 3.05) is 19.0 Å². The third-order valence-corrected chi connectivity index (χ3v) is 4.44. The molecule has 1 aliphatic rings. The SMILES string of the molecule is ClCCCN(CCc1ccsc1)C1CCC1. The smallest absolute Gasteiger partial charge is 0.0235 e. The van der Waals surface area contributed by atoms with Crippen molar-refractivity contribution in [3.05, 3.63) is 22.4 Å². The Bertz CT molecular complexity index is 282. The minimum Gasteiger partial charge on any atom is -0.300 e. The van der Waals surface area contributed by atoms with Gasteiger partial charge in [0.05, 0.1) is 0 Å². The fourth-order valence-electron chi connectivity index (χ4n) is 2.20. The van der Waals surface area contributed by atoms with Crippen LogP contribution in [0.3, 0.4) is 0 Å². The average molecular weight is 258 g/mol. The molecule has 16 heavy (non-hydrogen) atoms. The van der Waals surface area contributed by atoms with E-state index in [1.54, 1.807) is 11.3 Å². The fourth-order valence-corrected chi connectivity index (χ4v) is 3.02. The first kappa shape index (κ1) is 12.4. The van der Waals surface area contributed by atoms with Crippen LogP contribution in [-0.2, 0) is 6.42 Å². The Labute approximate surface area is 107 Å². The molecule has 0 bridgehead atoms. The van der Waals surface area contributed by atoms with E-state index >= 15 is 0 Å². The third kappa shape index (κ3) is 3.47. The van der Waals surface area contributed by atoms with Gasteiger partial charge in [-0.15, -0.1) is 11.6 Å². The quantitative estimate of drug-likeness (QED) is 0.672. The lowest BCUT2D eigenvalue weighted by atomic mass is 9.91. The van der Waals surface area contributed by atoms with E-state index in [0.29, 0.717) is 0 Å². The zero-order chi connectivity index (χ0) is 11.2. The zero-order valence-electron chi connectivity index (χ0n) is 9.70. The van der Waals surface area contributed by atoms with Crippen molar-refractivity contribution in [3.8, 4) is 0 Å². The van der Waals surface area contributed by atoms with E-state index in [1.807, 2.05) is 0 Å². The lowest BCUT2D eigenvalue weighted by Gasteiger charge is -2.37. The van der Waals surface area contributed by atoms with Crippen molar-refractivity contribution in [3.63, 3.8) is 0 Å². The summed E-state index contributed by atoms with van der Waals surface area (Å²) >= 11 is 7.58. The molecule has 2 rings (SSSR count). The standard InChI is InChI=1S/C13H20ClNS/c14-7-2-8-15(13-3-1-4-13)9-5-12-6-10-16-11-12/h6,10-11,13H,1-5,7-9H2. The third-order valence-electron chi connectivity index (χ3n) is 3.44. The molecule has 1 saturated carbocycles. The Kier molecular flexibility index (Phi) is 5.14. The van der Waals surface area contributed by atoms with Gasteiger partial charge in [-0.05, 0) is 54.6 Å². The van der Waals surface area contributed by atoms with Gasteiger partial charge in [0.2, 0.25) is 0 Å². The number of thiophene rings is 1. The molecule has 0 aromatic carbocycles. The van der Waals surface area contributed by atoms with E-state index in [9.17, 15) is 0 Å². The molecular weight excluding hydrogens is 238 g/mol. The maximum Gasteiger partial charge on any atom is 0.0235 e. The molecule has 0 N–H and O–H groups in total. The molecule has 1 heterocycles. The minimum absolute atomic E-state index is 0.793. The minimum atomic E-state index is 0.793. The normalized spacial score (nSPS) is 16.6. The predicted octanol–water partition coefficient (Wildman–Crippen LogP) is 3.77. The topological polar surface area (TPSA) is 3.24 Å². The molecule has 1 nitrogen and oxygen atoms in total. The van der Waals surface area contributed by atoms with Crippen molar-refractivity contribution < 1.29 is 0 Å². The Morgan fingerprint density at radius 2 is 2.25 bits per heavy atom. The Morgan fingerprint density at radius 1 is 1.38 bits per heavy atom. The summed E-state index contributed by atoms with van der Waals surface area (Å²) in [6.45, 7) is 2.39. The highest BCUT2D eigenvalue weighted by Gasteiger charge is 2.23. The summed E-state index contributed by atoms with van der Waals surface area (Å²) < 4.78 is 0. The van der Waals surface area contributed by atoms with Gasteiger partial charge in [0.25, 0.3) is 0 Å². The highest BCUT2D eigenvalue weighted by molar-refractivity contribution is 7.07. The summed E-state index contributed by atoms with van der Waals surface area (Å²) in [6, 6.07) is 3.09. The van der Waals surface area contributed by atoms with Crippen molar-refractivity contribution in [1.29, 1.82) is 0 Å². The molecule has 3 heteroatoms. The molecule has 1 fully saturated rings. The Morgan fingerprint density at radius 3 is 2.81 bits per heavy atom. The van der Waals surface area contributed by atoms with E-state index in [4.69, 9.17) is 11.6 Å². The summed E-state index contributed by atoms with van der Waals surface area (Å²) in [4.78, 5) is 2.64. The first-order valence-corrected chi connectivity index (χ1v) is 7.69. The Hall–Kier alpha value is -0.0500. The molecular formula is C13H20ClNS. The Balaban J connectivity index is 1.76. The molecule has 1 aromatic rings. The van der Waals surface area contributed by atoms with Crippen molar-refractivity contribution in [2.45, 2.75) is 38.1 Å². The lowest BCUT2D eigenvalue weighted by Crippen LogP contribution is -2.42. The van der Waals surface area contributed by atoms with Gasteiger partial charge in [0.1, 0.15) is 0 Å². The van der Waals surface area contributed by atoms with Crippen molar-refractivity contribution in [1.82, 2.24) is 4.90 Å². The number of hydrogen-bond donors (Lipinski definition) is 0. The first-order chi connectivity index (χ1) is 7.90. The number of hydrogen-bond acceptors (Lipinski definition) is 2. The highest BCUT2D eigenvalue weighted by Crippen LogP contribution is 2.25. The lowest BCUT2D eigenvalue weighted by molar-refractivity contribution is 0.129. The van der Waals surface area contributed by atoms with Gasteiger partial charge in [-0.25, -0.2) is 0 Å². The summed E-state index contributed by atoms with van der Waals surface area (Å²) in [5, 5.41) is 4.43. The first-order valence-electron chi connectivity index (χ1n) is 6.21. The highest BCUT2D eigenvalue weighted by atomic mass is 35.5. The van der Waals surface area contributed by atoms with Crippen LogP contribution in [0, 0.1) is 0 Å². The van der Waals surface area contributed by atoms with Crippen LogP contribution in [0.15, 0.2) is 16.8 Å². The van der Waals surface area contributed by atoms with Gasteiger partial charge in [-0.2, -0.15) is 11.3 Å². The van der Waals surface area contributed by atoms with Gasteiger partial charge in [0, 0.05) is 18.5 Å². The van der Waals surface area contributed by atoms with E-state index in [0.717, 1.165) is 18.3 Å². The zero-order valence-corrected chi connectivity index (χ0v) is 11.3. The monoisotopic (exact) mass is 257 g/mol. The number of halogens is 1. The van der Waals surface area contributed by atoms with Gasteiger partial charge in [-0.1, -0.05) is 6.42 Å². The molecule has 0 aliphatic heterocycles. The van der Waals surface area contributed by atoms with Crippen LogP contribution in [0.2, 0.25) is 0 Å². The van der Waals surface area contributed by atoms with Crippen LogP contribution in [0.25, 0.3) is 0 Å². The van der Waals surface area contributed by atoms with Gasteiger partial charge >= 0.3 is 0 Å². The van der Waals surface area contributed by atoms with Crippen LogP contribution in [0.4, 0.5) is 0 Å². The largest absolute Gasteiger partial charge is 0.300 e. The van der Waals surface area contributed by atoms with Gasteiger partial charge < -0.3 is 4.90 Å². The molecule has 0 unspecified atom stereocenters. The fraction of sp³-hybridized carbons (Fsp3) is 0.692. The predicted molar refractivity (Wildman–Crippen MR) is 72.6 cm³/mol. The van der Waals surface area contributed by atoms with Crippen LogP contribution < -0.4 is 0 Å². The van der Waals surface area contributed by atoms with Crippen LogP contribution in [0.5, 0.6) is 0 Å². The maximum atomic E-state index is 5.79. The maximum absolute atomic E-state index is 5.79. The van der Waals surface area contributed by atoms with E-state index in [1.165, 1.54) is 44.3 Å². The van der Waals surface area contributed by atoms with Crippen LogP contribution >= 0.6 is 22.9 Å². The molecule has 0 spiro atoms. The molecule has 90 valence electrons. The second kappa shape index (κ2) is 6.63. The number of alkyl halides is 1. The molecule has 0 atom stereocenters. The van der Waals surface area contributed by atoms with E-state index in [2.05, 4.69) is 21.7 Å². The van der Waals surface area contributed by atoms with Gasteiger partial charge in [0.15, 0.2) is 0 Å². The van der Waals surface area contributed by atoms with E-state index in [-0.39, 0.29) is 0 Å². The second-order valence-electron chi connectivity index (χ2n) is 4.54.